The number of aryl methyl sites for hydroxylation is 1. The average molecular weight is 356 g/mol. The van der Waals surface area contributed by atoms with E-state index in [0.717, 1.165) is 41.4 Å². The molecule has 3 N–H and O–H groups in total. The van der Waals surface area contributed by atoms with Gasteiger partial charge in [-0.25, -0.2) is 0 Å². The van der Waals surface area contributed by atoms with Crippen LogP contribution in [0.2, 0.25) is 0 Å². The van der Waals surface area contributed by atoms with E-state index < -0.39 is 0 Å². The Morgan fingerprint density at radius 3 is 2.83 bits per heavy atom. The van der Waals surface area contributed by atoms with Crippen LogP contribution in [-0.2, 0) is 4.79 Å². The van der Waals surface area contributed by atoms with Crippen LogP contribution >= 0.6 is 24.8 Å². The van der Waals surface area contributed by atoms with Crippen LogP contribution in [0.5, 0.6) is 0 Å². The summed E-state index contributed by atoms with van der Waals surface area (Å²) in [5, 5.41) is 4.08. The van der Waals surface area contributed by atoms with Gasteiger partial charge in [-0.05, 0) is 56.0 Å². The molecule has 0 spiro atoms. The van der Waals surface area contributed by atoms with Crippen LogP contribution in [0.15, 0.2) is 30.5 Å². The second kappa shape index (κ2) is 8.48. The summed E-state index contributed by atoms with van der Waals surface area (Å²) in [6.45, 7) is 2.62. The lowest BCUT2D eigenvalue weighted by molar-refractivity contribution is -0.120. The fourth-order valence-corrected chi connectivity index (χ4v) is 3.31. The molecule has 1 aromatic heterocycles. The maximum absolute atomic E-state index is 12.5. The van der Waals surface area contributed by atoms with E-state index in [-0.39, 0.29) is 36.6 Å². The highest BCUT2D eigenvalue weighted by Gasteiger charge is 2.32. The molecule has 23 heavy (non-hydrogen) atoms. The number of amides is 1. The van der Waals surface area contributed by atoms with Crippen molar-refractivity contribution in [2.75, 3.05) is 11.9 Å². The molecule has 1 heterocycles. The minimum absolute atomic E-state index is 0. The van der Waals surface area contributed by atoms with Crippen LogP contribution in [-0.4, -0.2) is 17.4 Å². The predicted molar refractivity (Wildman–Crippen MR) is 99.5 cm³/mol. The third-order valence-corrected chi connectivity index (χ3v) is 4.53. The Bertz CT molecular complexity index is 678. The molecule has 0 unspecified atom stereocenters. The number of rotatable bonds is 3. The summed E-state index contributed by atoms with van der Waals surface area (Å²) in [4.78, 5) is 16.9. The summed E-state index contributed by atoms with van der Waals surface area (Å²) in [5.74, 6) is 0.458. The first-order valence-electron chi connectivity index (χ1n) is 7.56. The smallest absolute Gasteiger partial charge is 0.227 e. The number of hydrogen-bond donors (Lipinski definition) is 2. The van der Waals surface area contributed by atoms with Gasteiger partial charge in [-0.2, -0.15) is 0 Å². The van der Waals surface area contributed by atoms with Gasteiger partial charge in [0.05, 0.1) is 11.2 Å². The van der Waals surface area contributed by atoms with E-state index in [1.807, 2.05) is 31.2 Å². The summed E-state index contributed by atoms with van der Waals surface area (Å²) in [6.07, 6.45) is 4.87. The highest BCUT2D eigenvalue weighted by Crippen LogP contribution is 2.33. The fraction of sp³-hybridized carbons (Fsp3) is 0.412. The summed E-state index contributed by atoms with van der Waals surface area (Å²) in [7, 11) is 0. The van der Waals surface area contributed by atoms with Crippen molar-refractivity contribution in [3.8, 4) is 0 Å². The Morgan fingerprint density at radius 1 is 1.30 bits per heavy atom. The number of pyridine rings is 1. The van der Waals surface area contributed by atoms with Crippen LogP contribution in [0.4, 0.5) is 5.69 Å². The second-order valence-corrected chi connectivity index (χ2v) is 5.85. The largest absolute Gasteiger partial charge is 0.330 e. The highest BCUT2D eigenvalue weighted by atomic mass is 35.5. The van der Waals surface area contributed by atoms with E-state index in [2.05, 4.69) is 10.3 Å². The number of hydrogen-bond acceptors (Lipinski definition) is 3. The van der Waals surface area contributed by atoms with Gasteiger partial charge < -0.3 is 11.1 Å². The molecule has 1 aliphatic carbocycles. The maximum atomic E-state index is 12.5. The number of carbonyl (C=O) groups is 1. The van der Waals surface area contributed by atoms with Gasteiger partial charge in [0, 0.05) is 17.5 Å². The van der Waals surface area contributed by atoms with Crippen LogP contribution in [0.3, 0.4) is 0 Å². The van der Waals surface area contributed by atoms with Crippen molar-refractivity contribution in [2.45, 2.75) is 26.2 Å². The van der Waals surface area contributed by atoms with Crippen molar-refractivity contribution >= 4 is 47.3 Å². The van der Waals surface area contributed by atoms with Gasteiger partial charge in [0.25, 0.3) is 0 Å². The minimum atomic E-state index is 0. The van der Waals surface area contributed by atoms with Crippen molar-refractivity contribution in [1.82, 2.24) is 4.98 Å². The number of anilines is 1. The number of nitrogens with zero attached hydrogens (tertiary/aromatic N) is 1. The normalized spacial score (nSPS) is 19.7. The van der Waals surface area contributed by atoms with Gasteiger partial charge >= 0.3 is 0 Å². The number of aromatic nitrogens is 1. The summed E-state index contributed by atoms with van der Waals surface area (Å²) >= 11 is 0. The second-order valence-electron chi connectivity index (χ2n) is 5.85. The predicted octanol–water partition coefficient (Wildman–Crippen LogP) is 3.70. The van der Waals surface area contributed by atoms with Crippen LogP contribution in [0, 0.1) is 18.8 Å². The van der Waals surface area contributed by atoms with E-state index in [1.54, 1.807) is 6.20 Å². The maximum Gasteiger partial charge on any atom is 0.227 e. The molecule has 0 bridgehead atoms. The van der Waals surface area contributed by atoms with Crippen molar-refractivity contribution in [2.24, 2.45) is 17.6 Å². The number of nitrogens with one attached hydrogen (secondary N) is 1. The first-order valence-corrected chi connectivity index (χ1v) is 7.56. The average Bonchev–Trinajstić information content (AvgIpc) is 2.99. The van der Waals surface area contributed by atoms with E-state index >= 15 is 0 Å². The third kappa shape index (κ3) is 3.94. The third-order valence-electron chi connectivity index (χ3n) is 4.53. The first kappa shape index (κ1) is 19.7. The highest BCUT2D eigenvalue weighted by molar-refractivity contribution is 6.02. The molecule has 1 aromatic carbocycles. The molecular weight excluding hydrogens is 333 g/mol. The zero-order valence-electron chi connectivity index (χ0n) is 13.1. The molecular formula is C17H23Cl2N3O. The van der Waals surface area contributed by atoms with E-state index in [9.17, 15) is 4.79 Å². The van der Waals surface area contributed by atoms with Crippen molar-refractivity contribution in [3.05, 3.63) is 36.0 Å². The number of halogens is 2. The molecule has 126 valence electrons. The molecule has 1 aliphatic rings. The van der Waals surface area contributed by atoms with Gasteiger partial charge in [0.2, 0.25) is 5.91 Å². The molecule has 1 saturated carbocycles. The lowest BCUT2D eigenvalue weighted by Gasteiger charge is -2.18. The van der Waals surface area contributed by atoms with Gasteiger partial charge in [0.15, 0.2) is 0 Å². The Morgan fingerprint density at radius 2 is 2.09 bits per heavy atom. The van der Waals surface area contributed by atoms with Crippen molar-refractivity contribution in [1.29, 1.82) is 0 Å². The monoisotopic (exact) mass is 355 g/mol. The lowest BCUT2D eigenvalue weighted by atomic mass is 9.95. The molecule has 0 saturated heterocycles. The molecule has 4 nitrogen and oxygen atoms in total. The number of fused-ring (bicyclic) bond motifs is 1. The van der Waals surface area contributed by atoms with Crippen LogP contribution in [0.25, 0.3) is 10.9 Å². The molecule has 6 heteroatoms. The first-order chi connectivity index (χ1) is 10.2. The Balaban J connectivity index is 0.00000132. The summed E-state index contributed by atoms with van der Waals surface area (Å²) in [5.41, 5.74) is 8.68. The molecule has 1 fully saturated rings. The van der Waals surface area contributed by atoms with Gasteiger partial charge in [-0.1, -0.05) is 12.5 Å². The van der Waals surface area contributed by atoms with Gasteiger partial charge in [-0.3, -0.25) is 9.78 Å². The molecule has 3 rings (SSSR count). The number of carbonyl (C=O) groups excluding carboxylic acids is 1. The zero-order valence-corrected chi connectivity index (χ0v) is 14.8. The van der Waals surface area contributed by atoms with Crippen LogP contribution < -0.4 is 11.1 Å². The van der Waals surface area contributed by atoms with Gasteiger partial charge in [0.1, 0.15) is 0 Å². The summed E-state index contributed by atoms with van der Waals surface area (Å²) in [6, 6.07) is 7.86. The molecule has 2 aromatic rings. The van der Waals surface area contributed by atoms with Crippen molar-refractivity contribution < 1.29 is 4.79 Å². The van der Waals surface area contributed by atoms with Crippen molar-refractivity contribution in [3.63, 3.8) is 0 Å². The fourth-order valence-electron chi connectivity index (χ4n) is 3.31. The topological polar surface area (TPSA) is 68.0 Å². The molecule has 0 aliphatic heterocycles. The van der Waals surface area contributed by atoms with Crippen LogP contribution in [0.1, 0.15) is 24.8 Å². The van der Waals surface area contributed by atoms with E-state index in [0.29, 0.717) is 12.5 Å². The number of benzene rings is 1. The molecule has 2 atom stereocenters. The Kier molecular flexibility index (Phi) is 7.26. The molecule has 1 amide bonds. The SMILES string of the molecule is Cc1ccc(NC(=O)[C@@H]2CCC[C@@H]2CN)c2cccnc12.Cl.Cl. The Hall–Kier alpha value is -1.36. The quantitative estimate of drug-likeness (QED) is 0.881. The number of nitrogens with two attached hydrogens (primary N) is 1. The zero-order chi connectivity index (χ0) is 14.8. The molecule has 0 radical (unpaired) electrons. The van der Waals surface area contributed by atoms with Gasteiger partial charge in [-0.15, -0.1) is 24.8 Å². The van der Waals surface area contributed by atoms with E-state index in [4.69, 9.17) is 5.73 Å². The minimum Gasteiger partial charge on any atom is -0.330 e. The van der Waals surface area contributed by atoms with E-state index in [1.165, 1.54) is 0 Å². The lowest BCUT2D eigenvalue weighted by Crippen LogP contribution is -2.29. The summed E-state index contributed by atoms with van der Waals surface area (Å²) < 4.78 is 0. The Labute approximate surface area is 149 Å². The standard InChI is InChI=1S/C17H21N3O.2ClH/c1-11-7-8-15(14-6-3-9-19-16(11)14)20-17(21)13-5-2-4-12(13)10-18;;/h3,6-9,12-13H,2,4-5,10,18H2,1H3,(H,20,21);2*1H/t12-,13-;;/m1../s1.